The zero-order valence-corrected chi connectivity index (χ0v) is 9.66. The van der Waals surface area contributed by atoms with E-state index in [0.717, 1.165) is 25.4 Å². The maximum absolute atomic E-state index is 5.07. The predicted octanol–water partition coefficient (Wildman–Crippen LogP) is 1.95. The average molecular weight is 209 g/mol. The highest BCUT2D eigenvalue weighted by atomic mass is 16.5. The number of nitrogens with one attached hydrogen (secondary N) is 1. The molecule has 0 saturated carbocycles. The Hall–Kier alpha value is -1.16. The molecule has 1 N–H and O–H groups in total. The summed E-state index contributed by atoms with van der Waals surface area (Å²) in [7, 11) is 1.73. The van der Waals surface area contributed by atoms with E-state index in [-0.39, 0.29) is 5.41 Å². The van der Waals surface area contributed by atoms with E-state index >= 15 is 0 Å². The third-order valence-corrected chi connectivity index (χ3v) is 2.29. The molecule has 1 heterocycles. The molecular formula is C11H19N3O. The summed E-state index contributed by atoms with van der Waals surface area (Å²) in [6, 6.07) is 0. The lowest BCUT2D eigenvalue weighted by atomic mass is 9.90. The molecule has 84 valence electrons. The van der Waals surface area contributed by atoms with Gasteiger partial charge in [0.1, 0.15) is 5.82 Å². The van der Waals surface area contributed by atoms with Gasteiger partial charge in [-0.15, -0.1) is 0 Å². The first-order valence-electron chi connectivity index (χ1n) is 5.13. The third kappa shape index (κ3) is 4.74. The molecule has 4 heteroatoms. The van der Waals surface area contributed by atoms with Gasteiger partial charge >= 0.3 is 0 Å². The molecule has 15 heavy (non-hydrogen) atoms. The van der Waals surface area contributed by atoms with E-state index in [4.69, 9.17) is 4.74 Å². The number of nitrogens with zero attached hydrogens (tertiary/aromatic N) is 2. The van der Waals surface area contributed by atoms with Gasteiger partial charge < -0.3 is 10.1 Å². The zero-order chi connectivity index (χ0) is 11.1. The van der Waals surface area contributed by atoms with Crippen LogP contribution in [-0.2, 0) is 4.74 Å². The van der Waals surface area contributed by atoms with Gasteiger partial charge in [-0.1, -0.05) is 13.8 Å². The number of hydrogen-bond acceptors (Lipinski definition) is 4. The van der Waals surface area contributed by atoms with Gasteiger partial charge in [0, 0.05) is 32.7 Å². The maximum Gasteiger partial charge on any atom is 0.144 e. The summed E-state index contributed by atoms with van der Waals surface area (Å²) >= 11 is 0. The van der Waals surface area contributed by atoms with Crippen LogP contribution in [0.5, 0.6) is 0 Å². The molecule has 0 fully saturated rings. The van der Waals surface area contributed by atoms with Crippen molar-refractivity contribution >= 4 is 5.82 Å². The third-order valence-electron chi connectivity index (χ3n) is 2.29. The summed E-state index contributed by atoms with van der Waals surface area (Å²) < 4.78 is 5.07. The van der Waals surface area contributed by atoms with Gasteiger partial charge in [0.2, 0.25) is 0 Å². The van der Waals surface area contributed by atoms with Crippen molar-refractivity contribution in [1.29, 1.82) is 0 Å². The molecule has 1 aromatic rings. The highest BCUT2D eigenvalue weighted by Crippen LogP contribution is 2.20. The van der Waals surface area contributed by atoms with Gasteiger partial charge in [0.15, 0.2) is 0 Å². The molecule has 0 aliphatic rings. The largest absolute Gasteiger partial charge is 0.385 e. The lowest BCUT2D eigenvalue weighted by Crippen LogP contribution is -2.25. The van der Waals surface area contributed by atoms with Crippen molar-refractivity contribution in [3.63, 3.8) is 0 Å². The summed E-state index contributed by atoms with van der Waals surface area (Å²) in [6.07, 6.45) is 6.11. The number of methoxy groups -OCH3 is 1. The van der Waals surface area contributed by atoms with Crippen LogP contribution in [0.25, 0.3) is 0 Å². The van der Waals surface area contributed by atoms with Crippen molar-refractivity contribution in [2.24, 2.45) is 5.41 Å². The van der Waals surface area contributed by atoms with Crippen molar-refractivity contribution in [1.82, 2.24) is 9.97 Å². The molecule has 0 aromatic carbocycles. The molecule has 0 aliphatic carbocycles. The molecule has 4 nitrogen and oxygen atoms in total. The quantitative estimate of drug-likeness (QED) is 0.778. The minimum absolute atomic E-state index is 0.202. The molecule has 0 unspecified atom stereocenters. The van der Waals surface area contributed by atoms with Crippen LogP contribution < -0.4 is 5.32 Å². The first-order chi connectivity index (χ1) is 7.14. The van der Waals surface area contributed by atoms with Gasteiger partial charge in [-0.3, -0.25) is 4.98 Å². The Balaban J connectivity index is 2.35. The van der Waals surface area contributed by atoms with E-state index in [2.05, 4.69) is 29.1 Å². The normalized spacial score (nSPS) is 11.4. The number of ether oxygens (including phenoxy) is 1. The minimum Gasteiger partial charge on any atom is -0.385 e. The van der Waals surface area contributed by atoms with E-state index in [1.54, 1.807) is 25.7 Å². The lowest BCUT2D eigenvalue weighted by molar-refractivity contribution is 0.157. The highest BCUT2D eigenvalue weighted by Gasteiger charge is 2.17. The molecule has 1 aromatic heterocycles. The van der Waals surface area contributed by atoms with Crippen LogP contribution in [0.3, 0.4) is 0 Å². The SMILES string of the molecule is COCCC(C)(C)CNc1cnccn1. The van der Waals surface area contributed by atoms with Crippen LogP contribution in [0.15, 0.2) is 18.6 Å². The summed E-state index contributed by atoms with van der Waals surface area (Å²) in [6.45, 7) is 6.06. The van der Waals surface area contributed by atoms with Crippen molar-refractivity contribution < 1.29 is 4.74 Å². The average Bonchev–Trinajstić information content (AvgIpc) is 2.25. The van der Waals surface area contributed by atoms with Crippen molar-refractivity contribution in [3.05, 3.63) is 18.6 Å². The number of anilines is 1. The van der Waals surface area contributed by atoms with Crippen LogP contribution in [0, 0.1) is 5.41 Å². The van der Waals surface area contributed by atoms with Crippen LogP contribution in [0.4, 0.5) is 5.82 Å². The molecular weight excluding hydrogens is 190 g/mol. The Labute approximate surface area is 91.1 Å². The summed E-state index contributed by atoms with van der Waals surface area (Å²) in [4.78, 5) is 8.16. The topological polar surface area (TPSA) is 47.0 Å². The molecule has 0 spiro atoms. The Morgan fingerprint density at radius 1 is 1.40 bits per heavy atom. The van der Waals surface area contributed by atoms with E-state index in [1.807, 2.05) is 0 Å². The Kier molecular flexibility index (Phi) is 4.49. The van der Waals surface area contributed by atoms with E-state index in [9.17, 15) is 0 Å². The summed E-state index contributed by atoms with van der Waals surface area (Å²) in [5.41, 5.74) is 0.202. The predicted molar refractivity (Wildman–Crippen MR) is 60.8 cm³/mol. The highest BCUT2D eigenvalue weighted by molar-refractivity contribution is 5.29. The monoisotopic (exact) mass is 209 g/mol. The summed E-state index contributed by atoms with van der Waals surface area (Å²) in [5.74, 6) is 0.822. The lowest BCUT2D eigenvalue weighted by Gasteiger charge is -2.24. The molecule has 0 aliphatic heterocycles. The van der Waals surface area contributed by atoms with Gasteiger partial charge in [0.25, 0.3) is 0 Å². The van der Waals surface area contributed by atoms with Crippen LogP contribution >= 0.6 is 0 Å². The van der Waals surface area contributed by atoms with E-state index < -0.39 is 0 Å². The molecule has 1 rings (SSSR count). The molecule has 0 amide bonds. The maximum atomic E-state index is 5.07. The van der Waals surface area contributed by atoms with Crippen molar-refractivity contribution in [2.75, 3.05) is 25.6 Å². The Bertz CT molecular complexity index is 274. The fourth-order valence-corrected chi connectivity index (χ4v) is 1.19. The molecule has 0 radical (unpaired) electrons. The van der Waals surface area contributed by atoms with Crippen molar-refractivity contribution in [3.8, 4) is 0 Å². The number of rotatable bonds is 6. The first kappa shape index (κ1) is 11.9. The van der Waals surface area contributed by atoms with Crippen LogP contribution in [0.1, 0.15) is 20.3 Å². The van der Waals surface area contributed by atoms with Crippen LogP contribution in [0.2, 0.25) is 0 Å². The van der Waals surface area contributed by atoms with Crippen molar-refractivity contribution in [2.45, 2.75) is 20.3 Å². The Morgan fingerprint density at radius 2 is 2.20 bits per heavy atom. The minimum atomic E-state index is 0.202. The second-order valence-corrected chi connectivity index (χ2v) is 4.35. The van der Waals surface area contributed by atoms with Gasteiger partial charge in [-0.25, -0.2) is 4.98 Å². The Morgan fingerprint density at radius 3 is 2.80 bits per heavy atom. The fraction of sp³-hybridized carbons (Fsp3) is 0.636. The molecule has 0 bridgehead atoms. The fourth-order valence-electron chi connectivity index (χ4n) is 1.19. The molecule has 0 atom stereocenters. The number of hydrogen-bond donors (Lipinski definition) is 1. The summed E-state index contributed by atoms with van der Waals surface area (Å²) in [5, 5.41) is 3.26. The second-order valence-electron chi connectivity index (χ2n) is 4.35. The molecule has 0 saturated heterocycles. The second kappa shape index (κ2) is 5.66. The van der Waals surface area contributed by atoms with Gasteiger partial charge in [0.05, 0.1) is 6.20 Å². The first-order valence-corrected chi connectivity index (χ1v) is 5.13. The zero-order valence-electron chi connectivity index (χ0n) is 9.66. The van der Waals surface area contributed by atoms with Gasteiger partial charge in [-0.05, 0) is 11.8 Å². The van der Waals surface area contributed by atoms with E-state index in [0.29, 0.717) is 0 Å². The number of aromatic nitrogens is 2. The van der Waals surface area contributed by atoms with Crippen LogP contribution in [-0.4, -0.2) is 30.2 Å². The smallest absolute Gasteiger partial charge is 0.144 e. The standard InChI is InChI=1S/C11H19N3O/c1-11(2,4-7-15-3)9-14-10-8-12-5-6-13-10/h5-6,8H,4,7,9H2,1-3H3,(H,13,14). The van der Waals surface area contributed by atoms with E-state index in [1.165, 1.54) is 0 Å². The van der Waals surface area contributed by atoms with Gasteiger partial charge in [-0.2, -0.15) is 0 Å².